The van der Waals surface area contributed by atoms with Crippen molar-refractivity contribution in [2.45, 2.75) is 37.0 Å². The van der Waals surface area contributed by atoms with E-state index in [0.717, 1.165) is 43.4 Å². The summed E-state index contributed by atoms with van der Waals surface area (Å²) in [7, 11) is -3.57. The number of hydrogen-bond donors (Lipinski definition) is 0. The Bertz CT molecular complexity index is 1300. The molecule has 182 valence electrons. The lowest BCUT2D eigenvalue weighted by Gasteiger charge is -2.32. The third kappa shape index (κ3) is 5.15. The normalized spacial score (nSPS) is 17.2. The smallest absolute Gasteiger partial charge is 0.258 e. The van der Waals surface area contributed by atoms with Crippen molar-refractivity contribution in [2.24, 2.45) is 5.92 Å². The van der Waals surface area contributed by atoms with Crippen molar-refractivity contribution in [3.05, 3.63) is 94.5 Å². The van der Waals surface area contributed by atoms with Crippen LogP contribution in [0.25, 0.3) is 0 Å². The molecule has 2 aliphatic heterocycles. The highest BCUT2D eigenvalue weighted by atomic mass is 35.5. The van der Waals surface area contributed by atoms with Gasteiger partial charge >= 0.3 is 0 Å². The average molecular weight is 509 g/mol. The summed E-state index contributed by atoms with van der Waals surface area (Å²) in [4.78, 5) is 15.2. The number of sulfonamides is 1. The Labute approximate surface area is 212 Å². The number of carbonyl (C=O) groups is 1. The number of anilines is 1. The maximum Gasteiger partial charge on any atom is 0.258 e. The Balaban J connectivity index is 1.30. The fourth-order valence-electron chi connectivity index (χ4n) is 5.14. The molecule has 0 bridgehead atoms. The van der Waals surface area contributed by atoms with E-state index in [1.165, 1.54) is 5.56 Å². The van der Waals surface area contributed by atoms with E-state index < -0.39 is 10.0 Å². The Hall–Kier alpha value is -2.67. The summed E-state index contributed by atoms with van der Waals surface area (Å²) >= 11 is 5.97. The standard InChI is InChI=1S/C28H29ClN2O3S/c29-25-10-8-23(9-11-25)28(32)31-16-4-7-24-20-26(12-13-27(24)31)35(33,34)30-17-14-22(15-18-30)19-21-5-2-1-3-6-21/h1-3,5-6,8-13,20,22H,4,7,14-19H2. The largest absolute Gasteiger partial charge is 0.308 e. The minimum atomic E-state index is -3.57. The second kappa shape index (κ2) is 10.1. The number of hydrogen-bond acceptors (Lipinski definition) is 3. The van der Waals surface area contributed by atoms with Crippen LogP contribution in [0.15, 0.2) is 77.7 Å². The van der Waals surface area contributed by atoms with Gasteiger partial charge in [-0.25, -0.2) is 8.42 Å². The molecule has 0 aliphatic carbocycles. The predicted octanol–water partition coefficient (Wildman–Crippen LogP) is 5.58. The van der Waals surface area contributed by atoms with Crippen LogP contribution < -0.4 is 4.90 Å². The van der Waals surface area contributed by atoms with E-state index in [0.29, 0.717) is 41.0 Å². The number of piperidine rings is 1. The van der Waals surface area contributed by atoms with Gasteiger partial charge in [0.15, 0.2) is 0 Å². The van der Waals surface area contributed by atoms with Gasteiger partial charge < -0.3 is 4.90 Å². The molecular formula is C28H29ClN2O3S. The highest BCUT2D eigenvalue weighted by molar-refractivity contribution is 7.89. The zero-order chi connectivity index (χ0) is 24.4. The second-order valence-corrected chi connectivity index (χ2v) is 11.8. The van der Waals surface area contributed by atoms with Gasteiger partial charge in [0.25, 0.3) is 5.91 Å². The molecule has 0 aromatic heterocycles. The number of nitrogens with zero attached hydrogens (tertiary/aromatic N) is 2. The van der Waals surface area contributed by atoms with Crippen LogP contribution in [-0.2, 0) is 22.9 Å². The molecule has 35 heavy (non-hydrogen) atoms. The highest BCUT2D eigenvalue weighted by Crippen LogP contribution is 2.33. The Kier molecular flexibility index (Phi) is 6.96. The first-order valence-corrected chi connectivity index (χ1v) is 14.0. The quantitative estimate of drug-likeness (QED) is 0.452. The zero-order valence-electron chi connectivity index (χ0n) is 19.6. The molecule has 3 aromatic carbocycles. The number of carbonyl (C=O) groups excluding carboxylic acids is 1. The van der Waals surface area contributed by atoms with Gasteiger partial charge in [-0.15, -0.1) is 0 Å². The van der Waals surface area contributed by atoms with Crippen LogP contribution in [0.4, 0.5) is 5.69 Å². The Morgan fingerprint density at radius 3 is 2.34 bits per heavy atom. The van der Waals surface area contributed by atoms with E-state index in [1.54, 1.807) is 51.7 Å². The van der Waals surface area contributed by atoms with Gasteiger partial charge in [-0.05, 0) is 91.6 Å². The molecule has 1 fully saturated rings. The van der Waals surface area contributed by atoms with Gasteiger partial charge in [-0.3, -0.25) is 4.79 Å². The minimum absolute atomic E-state index is 0.0984. The van der Waals surface area contributed by atoms with Gasteiger partial charge in [0.05, 0.1) is 4.90 Å². The summed E-state index contributed by atoms with van der Waals surface area (Å²) in [5.41, 5.74) is 3.56. The average Bonchev–Trinajstić information content (AvgIpc) is 2.89. The van der Waals surface area contributed by atoms with Gasteiger partial charge in [0.2, 0.25) is 10.0 Å². The third-order valence-corrected chi connectivity index (χ3v) is 9.23. The fraction of sp³-hybridized carbons (Fsp3) is 0.321. The number of aryl methyl sites for hydroxylation is 1. The van der Waals surface area contributed by atoms with E-state index in [2.05, 4.69) is 24.3 Å². The van der Waals surface area contributed by atoms with Gasteiger partial charge in [-0.1, -0.05) is 41.9 Å². The van der Waals surface area contributed by atoms with E-state index in [9.17, 15) is 13.2 Å². The molecule has 2 heterocycles. The molecule has 0 saturated carbocycles. The highest BCUT2D eigenvalue weighted by Gasteiger charge is 2.31. The Morgan fingerprint density at radius 2 is 1.63 bits per heavy atom. The number of rotatable bonds is 5. The van der Waals surface area contributed by atoms with E-state index >= 15 is 0 Å². The van der Waals surface area contributed by atoms with Crippen LogP contribution >= 0.6 is 11.6 Å². The summed E-state index contributed by atoms with van der Waals surface area (Å²) in [6.07, 6.45) is 4.26. The molecule has 3 aromatic rings. The van der Waals surface area contributed by atoms with Crippen LogP contribution in [0.5, 0.6) is 0 Å². The second-order valence-electron chi connectivity index (χ2n) is 9.39. The lowest BCUT2D eigenvalue weighted by Crippen LogP contribution is -2.39. The van der Waals surface area contributed by atoms with Crippen molar-refractivity contribution in [1.29, 1.82) is 0 Å². The summed E-state index contributed by atoms with van der Waals surface area (Å²) in [6, 6.07) is 22.5. The summed E-state index contributed by atoms with van der Waals surface area (Å²) in [6.45, 7) is 1.69. The fourth-order valence-corrected chi connectivity index (χ4v) is 6.79. The molecule has 2 aliphatic rings. The molecule has 1 saturated heterocycles. The minimum Gasteiger partial charge on any atom is -0.308 e. The van der Waals surface area contributed by atoms with E-state index in [4.69, 9.17) is 11.6 Å². The van der Waals surface area contributed by atoms with Crippen molar-refractivity contribution >= 4 is 33.2 Å². The summed E-state index contributed by atoms with van der Waals surface area (Å²) in [5, 5.41) is 0.583. The molecule has 1 amide bonds. The molecule has 0 atom stereocenters. The van der Waals surface area contributed by atoms with Crippen LogP contribution in [0.1, 0.15) is 40.7 Å². The first-order valence-electron chi connectivity index (χ1n) is 12.2. The molecule has 7 heteroatoms. The molecule has 0 radical (unpaired) electrons. The van der Waals surface area contributed by atoms with Crippen LogP contribution in [0, 0.1) is 5.92 Å². The van der Waals surface area contributed by atoms with Crippen LogP contribution in [0.3, 0.4) is 0 Å². The molecule has 0 N–H and O–H groups in total. The molecular weight excluding hydrogens is 480 g/mol. The first-order chi connectivity index (χ1) is 16.9. The number of benzene rings is 3. The maximum absolute atomic E-state index is 13.4. The van der Waals surface area contributed by atoms with Crippen molar-refractivity contribution < 1.29 is 13.2 Å². The number of fused-ring (bicyclic) bond motifs is 1. The van der Waals surface area contributed by atoms with Crippen LogP contribution in [0.2, 0.25) is 5.02 Å². The third-order valence-electron chi connectivity index (χ3n) is 7.08. The topological polar surface area (TPSA) is 57.7 Å². The number of halogens is 1. The summed E-state index contributed by atoms with van der Waals surface area (Å²) in [5.74, 6) is 0.401. The van der Waals surface area contributed by atoms with E-state index in [-0.39, 0.29) is 5.91 Å². The van der Waals surface area contributed by atoms with Crippen molar-refractivity contribution in [1.82, 2.24) is 4.31 Å². The maximum atomic E-state index is 13.4. The SMILES string of the molecule is O=C(c1ccc(Cl)cc1)N1CCCc2cc(S(=O)(=O)N3CCC(Cc4ccccc4)CC3)ccc21. The molecule has 5 rings (SSSR count). The molecule has 0 spiro atoms. The first kappa shape index (κ1) is 24.0. The van der Waals surface area contributed by atoms with Crippen molar-refractivity contribution in [3.63, 3.8) is 0 Å². The predicted molar refractivity (Wildman–Crippen MR) is 140 cm³/mol. The van der Waals surface area contributed by atoms with Crippen LogP contribution in [-0.4, -0.2) is 38.3 Å². The molecule has 0 unspecified atom stereocenters. The van der Waals surface area contributed by atoms with Gasteiger partial charge in [0, 0.05) is 35.9 Å². The van der Waals surface area contributed by atoms with Gasteiger partial charge in [-0.2, -0.15) is 4.31 Å². The van der Waals surface area contributed by atoms with Crippen molar-refractivity contribution in [2.75, 3.05) is 24.5 Å². The zero-order valence-corrected chi connectivity index (χ0v) is 21.1. The lowest BCUT2D eigenvalue weighted by atomic mass is 9.91. The summed E-state index contributed by atoms with van der Waals surface area (Å²) < 4.78 is 28.5. The number of amides is 1. The lowest BCUT2D eigenvalue weighted by molar-refractivity contribution is 0.0985. The van der Waals surface area contributed by atoms with E-state index in [1.807, 2.05) is 6.07 Å². The van der Waals surface area contributed by atoms with Crippen molar-refractivity contribution in [3.8, 4) is 0 Å². The molecule has 5 nitrogen and oxygen atoms in total. The monoisotopic (exact) mass is 508 g/mol. The Morgan fingerprint density at radius 1 is 0.914 bits per heavy atom. The van der Waals surface area contributed by atoms with Gasteiger partial charge in [0.1, 0.15) is 0 Å².